The number of aromatic amines is 1. The van der Waals surface area contributed by atoms with E-state index in [2.05, 4.69) is 4.98 Å². The molecule has 1 heterocycles. The number of nitrogens with one attached hydrogen (secondary N) is 1. The van der Waals surface area contributed by atoms with Gasteiger partial charge >= 0.3 is 0 Å². The monoisotopic (exact) mass is 334 g/mol. The molecule has 1 saturated carbocycles. The molecule has 0 radical (unpaired) electrons. The molecule has 5 nitrogen and oxygen atoms in total. The average Bonchev–Trinajstić information content (AvgIpc) is 3.26. The number of carbonyl (C=O) groups is 1. The van der Waals surface area contributed by atoms with Crippen molar-refractivity contribution in [2.45, 2.75) is 25.4 Å². The van der Waals surface area contributed by atoms with Crippen LogP contribution in [0.4, 0.5) is 14.5 Å². The van der Waals surface area contributed by atoms with Crippen molar-refractivity contribution in [1.29, 1.82) is 0 Å². The highest BCUT2D eigenvalue weighted by Crippen LogP contribution is 2.43. The van der Waals surface area contributed by atoms with Gasteiger partial charge < -0.3 is 14.6 Å². The molecule has 7 heteroatoms. The van der Waals surface area contributed by atoms with E-state index in [9.17, 15) is 18.4 Å². The summed E-state index contributed by atoms with van der Waals surface area (Å²) in [6, 6.07) is 5.99. The predicted molar refractivity (Wildman–Crippen MR) is 84.4 cm³/mol. The molecule has 126 valence electrons. The van der Waals surface area contributed by atoms with Gasteiger partial charge in [-0.15, -0.1) is 0 Å². The number of pyridine rings is 1. The maximum absolute atomic E-state index is 13.7. The van der Waals surface area contributed by atoms with Crippen LogP contribution >= 0.6 is 0 Å². The number of hydrogen-bond donors (Lipinski definition) is 1. The summed E-state index contributed by atoms with van der Waals surface area (Å²) < 4.78 is 33.0. The SMILES string of the molecule is CN(C(=O)c1cccc(=O)[nH]1)c1cc(F)c(F)cc1OC1(C)CC1. The average molecular weight is 334 g/mol. The number of anilines is 1. The van der Waals surface area contributed by atoms with Crippen molar-refractivity contribution in [3.8, 4) is 5.75 Å². The summed E-state index contributed by atoms with van der Waals surface area (Å²) in [5.41, 5.74) is -0.721. The van der Waals surface area contributed by atoms with Crippen LogP contribution in [0, 0.1) is 11.6 Å². The van der Waals surface area contributed by atoms with Crippen LogP contribution in [-0.2, 0) is 0 Å². The molecule has 0 bridgehead atoms. The number of halogens is 2. The minimum absolute atomic E-state index is 0.0401. The van der Waals surface area contributed by atoms with E-state index in [0.717, 1.165) is 29.9 Å². The predicted octanol–water partition coefficient (Wildman–Crippen LogP) is 2.86. The third kappa shape index (κ3) is 3.15. The quantitative estimate of drug-likeness (QED) is 0.935. The van der Waals surface area contributed by atoms with Gasteiger partial charge in [-0.05, 0) is 25.8 Å². The third-order valence-corrected chi connectivity index (χ3v) is 3.98. The zero-order valence-corrected chi connectivity index (χ0v) is 13.2. The fraction of sp³-hybridized carbons (Fsp3) is 0.294. The number of rotatable bonds is 4. The highest BCUT2D eigenvalue weighted by molar-refractivity contribution is 6.05. The summed E-state index contributed by atoms with van der Waals surface area (Å²) in [6.45, 7) is 1.86. The Labute approximate surface area is 136 Å². The Balaban J connectivity index is 1.99. The van der Waals surface area contributed by atoms with Crippen molar-refractivity contribution in [2.75, 3.05) is 11.9 Å². The molecular formula is C17H16F2N2O3. The van der Waals surface area contributed by atoms with Crippen LogP contribution in [0.2, 0.25) is 0 Å². The normalized spacial score (nSPS) is 15.0. The molecule has 1 fully saturated rings. The second-order valence-corrected chi connectivity index (χ2v) is 6.08. The van der Waals surface area contributed by atoms with Gasteiger partial charge in [0.1, 0.15) is 17.0 Å². The summed E-state index contributed by atoms with van der Waals surface area (Å²) >= 11 is 0. The van der Waals surface area contributed by atoms with Crippen molar-refractivity contribution in [3.05, 3.63) is 58.0 Å². The maximum Gasteiger partial charge on any atom is 0.274 e. The number of benzene rings is 1. The summed E-state index contributed by atoms with van der Waals surface area (Å²) in [6.07, 6.45) is 1.60. The van der Waals surface area contributed by atoms with Crippen molar-refractivity contribution in [2.24, 2.45) is 0 Å². The molecule has 1 N–H and O–H groups in total. The standard InChI is InChI=1S/C17H16F2N2O3/c1-17(6-7-17)24-14-9-11(19)10(18)8-13(14)21(2)16(23)12-4-3-5-15(22)20-12/h3-5,8-9H,6-7H2,1-2H3,(H,20,22). The zero-order chi connectivity index (χ0) is 17.5. The van der Waals surface area contributed by atoms with E-state index < -0.39 is 28.7 Å². The van der Waals surface area contributed by atoms with E-state index >= 15 is 0 Å². The van der Waals surface area contributed by atoms with Crippen molar-refractivity contribution < 1.29 is 18.3 Å². The van der Waals surface area contributed by atoms with Crippen LogP contribution in [0.3, 0.4) is 0 Å². The molecule has 0 unspecified atom stereocenters. The van der Waals surface area contributed by atoms with Crippen molar-refractivity contribution in [3.63, 3.8) is 0 Å². The number of aromatic nitrogens is 1. The first-order valence-corrected chi connectivity index (χ1v) is 7.44. The topological polar surface area (TPSA) is 62.4 Å². The minimum atomic E-state index is -1.08. The van der Waals surface area contributed by atoms with Gasteiger partial charge in [0.15, 0.2) is 11.6 Å². The second kappa shape index (κ2) is 5.74. The highest BCUT2D eigenvalue weighted by Gasteiger charge is 2.41. The molecule has 1 amide bonds. The number of amides is 1. The molecule has 2 aromatic rings. The first kappa shape index (κ1) is 16.2. The first-order chi connectivity index (χ1) is 11.3. The van der Waals surface area contributed by atoms with Gasteiger partial charge in [0.05, 0.1) is 5.69 Å². The van der Waals surface area contributed by atoms with Gasteiger partial charge in [-0.1, -0.05) is 6.07 Å². The summed E-state index contributed by atoms with van der Waals surface area (Å²) in [4.78, 5) is 27.4. The molecule has 24 heavy (non-hydrogen) atoms. The van der Waals surface area contributed by atoms with E-state index in [4.69, 9.17) is 4.74 Å². The minimum Gasteiger partial charge on any atom is -0.485 e. The molecule has 1 aromatic heterocycles. The van der Waals surface area contributed by atoms with Crippen LogP contribution in [0.25, 0.3) is 0 Å². The van der Waals surface area contributed by atoms with Crippen LogP contribution in [0.15, 0.2) is 35.1 Å². The highest BCUT2D eigenvalue weighted by atomic mass is 19.2. The third-order valence-electron chi connectivity index (χ3n) is 3.98. The smallest absolute Gasteiger partial charge is 0.274 e. The lowest BCUT2D eigenvalue weighted by atomic mass is 10.2. The van der Waals surface area contributed by atoms with Gasteiger partial charge in [0.2, 0.25) is 5.56 Å². The van der Waals surface area contributed by atoms with Gasteiger partial charge in [-0.3, -0.25) is 9.59 Å². The molecule has 1 aliphatic carbocycles. The van der Waals surface area contributed by atoms with Crippen molar-refractivity contribution in [1.82, 2.24) is 4.98 Å². The molecule has 0 atom stereocenters. The largest absolute Gasteiger partial charge is 0.485 e. The van der Waals surface area contributed by atoms with Gasteiger partial charge in [0.25, 0.3) is 5.91 Å². The lowest BCUT2D eigenvalue weighted by molar-refractivity contribution is 0.0986. The zero-order valence-electron chi connectivity index (χ0n) is 13.2. The number of carbonyl (C=O) groups excluding carboxylic acids is 1. The Hall–Kier alpha value is -2.70. The Kier molecular flexibility index (Phi) is 3.87. The summed E-state index contributed by atoms with van der Waals surface area (Å²) in [7, 11) is 1.41. The van der Waals surface area contributed by atoms with Crippen LogP contribution in [0.5, 0.6) is 5.75 Å². The van der Waals surface area contributed by atoms with Crippen LogP contribution in [-0.4, -0.2) is 23.5 Å². The molecule has 0 saturated heterocycles. The summed E-state index contributed by atoms with van der Waals surface area (Å²) in [5, 5.41) is 0. The number of nitrogens with zero attached hydrogens (tertiary/aromatic N) is 1. The number of ether oxygens (including phenoxy) is 1. The molecule has 1 aromatic carbocycles. The van der Waals surface area contributed by atoms with E-state index in [1.54, 1.807) is 0 Å². The summed E-state index contributed by atoms with van der Waals surface area (Å²) in [5.74, 6) is -2.61. The fourth-order valence-corrected chi connectivity index (χ4v) is 2.27. The molecule has 0 aliphatic heterocycles. The Morgan fingerprint density at radius 2 is 1.92 bits per heavy atom. The Bertz CT molecular complexity index is 859. The van der Waals surface area contributed by atoms with Crippen LogP contribution in [0.1, 0.15) is 30.3 Å². The van der Waals surface area contributed by atoms with Gasteiger partial charge in [-0.25, -0.2) is 8.78 Å². The Morgan fingerprint density at radius 3 is 2.54 bits per heavy atom. The van der Waals surface area contributed by atoms with E-state index in [1.807, 2.05) is 6.92 Å². The molecule has 0 spiro atoms. The van der Waals surface area contributed by atoms with Gasteiger partial charge in [0, 0.05) is 25.2 Å². The lowest BCUT2D eigenvalue weighted by Gasteiger charge is -2.23. The number of H-pyrrole nitrogens is 1. The maximum atomic E-state index is 13.7. The number of hydrogen-bond acceptors (Lipinski definition) is 3. The van der Waals surface area contributed by atoms with E-state index in [1.165, 1.54) is 25.2 Å². The van der Waals surface area contributed by atoms with Crippen molar-refractivity contribution >= 4 is 11.6 Å². The Morgan fingerprint density at radius 1 is 1.25 bits per heavy atom. The van der Waals surface area contributed by atoms with Gasteiger partial charge in [-0.2, -0.15) is 0 Å². The molecule has 3 rings (SSSR count). The van der Waals surface area contributed by atoms with E-state index in [0.29, 0.717) is 0 Å². The second-order valence-electron chi connectivity index (χ2n) is 6.08. The molecule has 1 aliphatic rings. The van der Waals surface area contributed by atoms with E-state index in [-0.39, 0.29) is 17.1 Å². The fourth-order valence-electron chi connectivity index (χ4n) is 2.27. The molecular weight excluding hydrogens is 318 g/mol. The first-order valence-electron chi connectivity index (χ1n) is 7.44. The van der Waals surface area contributed by atoms with Crippen LogP contribution < -0.4 is 15.2 Å². The lowest BCUT2D eigenvalue weighted by Crippen LogP contribution is -2.29.